The van der Waals surface area contributed by atoms with Gasteiger partial charge in [-0.2, -0.15) is 0 Å². The summed E-state index contributed by atoms with van der Waals surface area (Å²) in [4.78, 5) is 39.0. The molecule has 1 aliphatic heterocycles. The lowest BCUT2D eigenvalue weighted by molar-refractivity contribution is -0.155. The molecule has 0 saturated heterocycles. The van der Waals surface area contributed by atoms with Crippen LogP contribution in [-0.4, -0.2) is 39.4 Å². The molecule has 3 N–H and O–H groups in total. The van der Waals surface area contributed by atoms with Crippen LogP contribution in [0.4, 0.5) is 0 Å². The number of fused-ring (bicyclic) bond motifs is 1. The van der Waals surface area contributed by atoms with E-state index in [2.05, 4.69) is 0 Å². The maximum atomic E-state index is 13.3. The largest absolute Gasteiger partial charge is 0.460 e. The number of carbonyl (C=O) groups is 3. The minimum atomic E-state index is -0.982. The van der Waals surface area contributed by atoms with Crippen molar-refractivity contribution in [3.8, 4) is 11.5 Å². The Morgan fingerprint density at radius 3 is 2.44 bits per heavy atom. The number of para-hydroxylation sites is 1. The molecule has 2 aromatic carbocycles. The van der Waals surface area contributed by atoms with Gasteiger partial charge in [0.05, 0.1) is 12.2 Å². The van der Waals surface area contributed by atoms with Crippen molar-refractivity contribution < 1.29 is 29.0 Å². The Morgan fingerprint density at radius 2 is 1.84 bits per heavy atom. The smallest absolute Gasteiger partial charge is 0.306 e. The zero-order valence-corrected chi connectivity index (χ0v) is 18.5. The Hall–Kier alpha value is -3.39. The first-order valence-electron chi connectivity index (χ1n) is 10.4. The fourth-order valence-corrected chi connectivity index (χ4v) is 3.63. The Balaban J connectivity index is 1.86. The second-order valence-corrected chi connectivity index (χ2v) is 8.64. The van der Waals surface area contributed by atoms with Crippen LogP contribution in [-0.2, 0) is 27.5 Å². The lowest BCUT2D eigenvalue weighted by Gasteiger charge is -2.26. The van der Waals surface area contributed by atoms with Gasteiger partial charge in [0.25, 0.3) is 5.91 Å². The molecule has 32 heavy (non-hydrogen) atoms. The van der Waals surface area contributed by atoms with Crippen LogP contribution < -0.4 is 10.5 Å². The highest BCUT2D eigenvalue weighted by Crippen LogP contribution is 2.38. The molecule has 1 atom stereocenters. The highest BCUT2D eigenvalue weighted by atomic mass is 16.6. The van der Waals surface area contributed by atoms with E-state index in [4.69, 9.17) is 15.2 Å². The molecule has 0 aromatic heterocycles. The van der Waals surface area contributed by atoms with E-state index in [9.17, 15) is 19.5 Å². The van der Waals surface area contributed by atoms with Crippen molar-refractivity contribution >= 4 is 17.8 Å². The molecule has 8 heteroatoms. The SMILES string of the molecule is CC(C)(C)OC(=O)CCC(C(N)=O)N1Cc2ccc(CO)c(Oc3ccccc3)c2C1=O. The standard InChI is InChI=1S/C24H28N2O6/c1-24(2,3)32-19(28)12-11-18(22(25)29)26-13-15-9-10-16(14-27)21(20(15)23(26)30)31-17-7-5-4-6-8-17/h4-10,18,27H,11-14H2,1-3H3,(H2,25,29). The summed E-state index contributed by atoms with van der Waals surface area (Å²) in [5.74, 6) is -0.849. The number of nitrogens with zero attached hydrogens (tertiary/aromatic N) is 1. The monoisotopic (exact) mass is 440 g/mol. The Labute approximate surface area is 186 Å². The topological polar surface area (TPSA) is 119 Å². The van der Waals surface area contributed by atoms with Crippen molar-refractivity contribution in [1.82, 2.24) is 4.90 Å². The highest BCUT2D eigenvalue weighted by Gasteiger charge is 2.38. The molecule has 0 radical (unpaired) electrons. The van der Waals surface area contributed by atoms with E-state index < -0.39 is 29.4 Å². The van der Waals surface area contributed by atoms with E-state index in [-0.39, 0.29) is 37.3 Å². The Morgan fingerprint density at radius 1 is 1.16 bits per heavy atom. The summed E-state index contributed by atoms with van der Waals surface area (Å²) in [6, 6.07) is 11.3. The van der Waals surface area contributed by atoms with E-state index in [0.29, 0.717) is 16.9 Å². The zero-order chi connectivity index (χ0) is 23.5. The van der Waals surface area contributed by atoms with Gasteiger partial charge in [0.2, 0.25) is 5.91 Å². The predicted molar refractivity (Wildman–Crippen MR) is 117 cm³/mol. The minimum Gasteiger partial charge on any atom is -0.460 e. The summed E-state index contributed by atoms with van der Waals surface area (Å²) in [6.45, 7) is 5.09. The van der Waals surface area contributed by atoms with Gasteiger partial charge in [-0.1, -0.05) is 30.3 Å². The average Bonchev–Trinajstić information content (AvgIpc) is 3.04. The van der Waals surface area contributed by atoms with Gasteiger partial charge < -0.3 is 25.2 Å². The molecule has 2 amide bonds. The molecule has 8 nitrogen and oxygen atoms in total. The molecule has 1 unspecified atom stereocenters. The van der Waals surface area contributed by atoms with Crippen molar-refractivity contribution in [2.45, 2.75) is 58.4 Å². The molecule has 170 valence electrons. The van der Waals surface area contributed by atoms with Crippen LogP contribution in [0.25, 0.3) is 0 Å². The number of esters is 1. The number of benzene rings is 2. The lowest BCUT2D eigenvalue weighted by atomic mass is 10.0. The summed E-state index contributed by atoms with van der Waals surface area (Å²) in [5, 5.41) is 9.78. The third kappa shape index (κ3) is 5.26. The van der Waals surface area contributed by atoms with Gasteiger partial charge in [-0.15, -0.1) is 0 Å². The van der Waals surface area contributed by atoms with Crippen molar-refractivity contribution in [1.29, 1.82) is 0 Å². The first-order valence-corrected chi connectivity index (χ1v) is 10.4. The van der Waals surface area contributed by atoms with E-state index in [0.717, 1.165) is 0 Å². The molecule has 0 spiro atoms. The van der Waals surface area contributed by atoms with Gasteiger partial charge in [-0.05, 0) is 44.9 Å². The lowest BCUT2D eigenvalue weighted by Crippen LogP contribution is -2.45. The zero-order valence-electron chi connectivity index (χ0n) is 18.5. The van der Waals surface area contributed by atoms with Crippen molar-refractivity contribution in [2.24, 2.45) is 5.73 Å². The number of hydrogen-bond donors (Lipinski definition) is 2. The van der Waals surface area contributed by atoms with Gasteiger partial charge in [-0.25, -0.2) is 0 Å². The van der Waals surface area contributed by atoms with Crippen molar-refractivity contribution in [2.75, 3.05) is 0 Å². The van der Waals surface area contributed by atoms with Gasteiger partial charge >= 0.3 is 5.97 Å². The molecule has 0 bridgehead atoms. The third-order valence-electron chi connectivity index (χ3n) is 5.02. The normalized spacial score (nSPS) is 14.1. The highest BCUT2D eigenvalue weighted by molar-refractivity contribution is 6.03. The molecule has 0 aliphatic carbocycles. The summed E-state index contributed by atoms with van der Waals surface area (Å²) >= 11 is 0. The molecule has 3 rings (SSSR count). The number of amides is 2. The Bertz CT molecular complexity index is 1010. The first-order chi connectivity index (χ1) is 15.1. The van der Waals surface area contributed by atoms with Gasteiger partial charge in [0, 0.05) is 18.5 Å². The van der Waals surface area contributed by atoms with E-state index in [1.807, 2.05) is 6.07 Å². The number of rotatable bonds is 8. The van der Waals surface area contributed by atoms with Crippen LogP contribution in [0.3, 0.4) is 0 Å². The summed E-state index contributed by atoms with van der Waals surface area (Å²) in [6.07, 6.45) is -0.00796. The maximum absolute atomic E-state index is 13.3. The molecule has 1 aliphatic rings. The van der Waals surface area contributed by atoms with E-state index in [1.54, 1.807) is 57.2 Å². The Kier molecular flexibility index (Phi) is 6.84. The number of nitrogens with two attached hydrogens (primary N) is 1. The minimum absolute atomic E-state index is 0.0473. The summed E-state index contributed by atoms with van der Waals surface area (Å²) in [5.41, 5.74) is 6.33. The molecule has 1 heterocycles. The van der Waals surface area contributed by atoms with Gasteiger partial charge in [0.15, 0.2) is 0 Å². The first kappa shape index (κ1) is 23.3. The van der Waals surface area contributed by atoms with Crippen LogP contribution in [0.2, 0.25) is 0 Å². The summed E-state index contributed by atoms with van der Waals surface area (Å²) in [7, 11) is 0. The van der Waals surface area contributed by atoms with E-state index >= 15 is 0 Å². The molecular formula is C24H28N2O6. The van der Waals surface area contributed by atoms with Crippen molar-refractivity contribution in [3.63, 3.8) is 0 Å². The molecular weight excluding hydrogens is 412 g/mol. The van der Waals surface area contributed by atoms with Crippen LogP contribution in [0, 0.1) is 0 Å². The molecule has 2 aromatic rings. The van der Waals surface area contributed by atoms with Gasteiger partial charge in [-0.3, -0.25) is 14.4 Å². The number of ether oxygens (including phenoxy) is 2. The second kappa shape index (κ2) is 9.40. The van der Waals surface area contributed by atoms with Crippen LogP contribution in [0.5, 0.6) is 11.5 Å². The fraction of sp³-hybridized carbons (Fsp3) is 0.375. The van der Waals surface area contributed by atoms with Crippen LogP contribution in [0.15, 0.2) is 42.5 Å². The summed E-state index contributed by atoms with van der Waals surface area (Å²) < 4.78 is 11.3. The predicted octanol–water partition coefficient (Wildman–Crippen LogP) is 2.90. The maximum Gasteiger partial charge on any atom is 0.306 e. The van der Waals surface area contributed by atoms with Crippen LogP contribution in [0.1, 0.15) is 55.1 Å². The number of aliphatic hydroxyl groups excluding tert-OH is 1. The van der Waals surface area contributed by atoms with E-state index in [1.165, 1.54) is 4.90 Å². The average molecular weight is 440 g/mol. The second-order valence-electron chi connectivity index (χ2n) is 8.64. The number of primary amides is 1. The van der Waals surface area contributed by atoms with Crippen molar-refractivity contribution in [3.05, 3.63) is 59.2 Å². The molecule has 0 saturated carbocycles. The number of aliphatic hydroxyl groups is 1. The van der Waals surface area contributed by atoms with Crippen LogP contribution >= 0.6 is 0 Å². The number of hydrogen-bond acceptors (Lipinski definition) is 6. The molecule has 0 fully saturated rings. The third-order valence-corrected chi connectivity index (χ3v) is 5.02. The fourth-order valence-electron chi connectivity index (χ4n) is 3.63. The quantitative estimate of drug-likeness (QED) is 0.609. The van der Waals surface area contributed by atoms with Gasteiger partial charge in [0.1, 0.15) is 23.1 Å². The number of carbonyl (C=O) groups excluding carboxylic acids is 3.